The standard InChI is InChI=1S/C11H13ClN2O/c1-7-5-9(15-4)11(14(3)6-13)8(2)10(7)12/h5H,1-4H3. The summed E-state index contributed by atoms with van der Waals surface area (Å²) < 4.78 is 5.23. The van der Waals surface area contributed by atoms with E-state index < -0.39 is 0 Å². The fourth-order valence-electron chi connectivity index (χ4n) is 1.54. The Hall–Kier alpha value is -1.40. The van der Waals surface area contributed by atoms with Crippen LogP contribution in [0.3, 0.4) is 0 Å². The van der Waals surface area contributed by atoms with Gasteiger partial charge in [-0.15, -0.1) is 0 Å². The monoisotopic (exact) mass is 224 g/mol. The molecule has 15 heavy (non-hydrogen) atoms. The largest absolute Gasteiger partial charge is 0.495 e. The second-order valence-corrected chi connectivity index (χ2v) is 3.72. The van der Waals surface area contributed by atoms with Crippen molar-refractivity contribution in [2.45, 2.75) is 13.8 Å². The molecule has 0 N–H and O–H groups in total. The molecule has 4 heteroatoms. The van der Waals surface area contributed by atoms with E-state index in [-0.39, 0.29) is 0 Å². The van der Waals surface area contributed by atoms with E-state index in [0.29, 0.717) is 10.8 Å². The number of hydrogen-bond acceptors (Lipinski definition) is 3. The Bertz CT molecular complexity index is 424. The number of methoxy groups -OCH3 is 1. The maximum Gasteiger partial charge on any atom is 0.184 e. The molecule has 0 aliphatic carbocycles. The molecule has 0 amide bonds. The van der Waals surface area contributed by atoms with Gasteiger partial charge in [-0.2, -0.15) is 5.26 Å². The summed E-state index contributed by atoms with van der Waals surface area (Å²) in [6.45, 7) is 3.79. The van der Waals surface area contributed by atoms with Crippen LogP contribution < -0.4 is 9.64 Å². The Balaban J connectivity index is 3.48. The average Bonchev–Trinajstić information content (AvgIpc) is 2.24. The predicted octanol–water partition coefficient (Wildman–Crippen LogP) is 2.88. The van der Waals surface area contributed by atoms with Crippen molar-refractivity contribution in [3.05, 3.63) is 22.2 Å². The Morgan fingerprint density at radius 2 is 2.07 bits per heavy atom. The SMILES string of the molecule is COc1cc(C)c(Cl)c(C)c1N(C)C#N. The smallest absolute Gasteiger partial charge is 0.184 e. The van der Waals surface area contributed by atoms with Gasteiger partial charge in [0.1, 0.15) is 5.75 Å². The molecule has 1 rings (SSSR count). The predicted molar refractivity (Wildman–Crippen MR) is 61.5 cm³/mol. The quantitative estimate of drug-likeness (QED) is 0.573. The molecule has 0 fully saturated rings. The summed E-state index contributed by atoms with van der Waals surface area (Å²) in [5.41, 5.74) is 2.52. The van der Waals surface area contributed by atoms with Crippen LogP contribution >= 0.6 is 11.6 Å². The topological polar surface area (TPSA) is 36.3 Å². The Morgan fingerprint density at radius 3 is 2.53 bits per heavy atom. The fraction of sp³-hybridized carbons (Fsp3) is 0.364. The molecule has 0 atom stereocenters. The van der Waals surface area contributed by atoms with Gasteiger partial charge in [-0.3, -0.25) is 4.90 Å². The summed E-state index contributed by atoms with van der Waals surface area (Å²) in [4.78, 5) is 1.44. The lowest BCUT2D eigenvalue weighted by atomic mass is 10.1. The molecule has 0 unspecified atom stereocenters. The highest BCUT2D eigenvalue weighted by Crippen LogP contribution is 2.37. The van der Waals surface area contributed by atoms with Gasteiger partial charge in [0.05, 0.1) is 12.8 Å². The lowest BCUT2D eigenvalue weighted by molar-refractivity contribution is 0.415. The number of aryl methyl sites for hydroxylation is 1. The molecule has 0 aliphatic heterocycles. The minimum absolute atomic E-state index is 0.665. The van der Waals surface area contributed by atoms with Gasteiger partial charge in [0, 0.05) is 12.1 Å². The van der Waals surface area contributed by atoms with E-state index in [1.165, 1.54) is 4.90 Å². The number of hydrogen-bond donors (Lipinski definition) is 0. The minimum Gasteiger partial charge on any atom is -0.495 e. The minimum atomic E-state index is 0.665. The Labute approximate surface area is 94.8 Å². The van der Waals surface area contributed by atoms with Gasteiger partial charge in [-0.05, 0) is 31.0 Å². The fourth-order valence-corrected chi connectivity index (χ4v) is 1.68. The first kappa shape index (κ1) is 11.7. The van der Waals surface area contributed by atoms with E-state index in [4.69, 9.17) is 21.6 Å². The van der Waals surface area contributed by atoms with Crippen LogP contribution in [0.25, 0.3) is 0 Å². The lowest BCUT2D eigenvalue weighted by Gasteiger charge is -2.18. The van der Waals surface area contributed by atoms with E-state index in [1.54, 1.807) is 14.2 Å². The maximum atomic E-state index is 8.87. The van der Waals surface area contributed by atoms with Gasteiger partial charge in [0.15, 0.2) is 6.19 Å². The first-order valence-corrected chi connectivity index (χ1v) is 4.87. The molecule has 0 radical (unpaired) electrons. The first-order valence-electron chi connectivity index (χ1n) is 4.50. The van der Waals surface area contributed by atoms with Gasteiger partial charge >= 0.3 is 0 Å². The van der Waals surface area contributed by atoms with Crippen LogP contribution in [-0.4, -0.2) is 14.2 Å². The summed E-state index contributed by atoms with van der Waals surface area (Å²) in [5.74, 6) is 0.665. The highest BCUT2D eigenvalue weighted by Gasteiger charge is 2.15. The molecule has 1 aromatic rings. The van der Waals surface area contributed by atoms with E-state index >= 15 is 0 Å². The molecule has 0 aromatic heterocycles. The summed E-state index contributed by atoms with van der Waals surface area (Å²) >= 11 is 6.12. The van der Waals surface area contributed by atoms with Gasteiger partial charge in [-0.25, -0.2) is 0 Å². The van der Waals surface area contributed by atoms with Crippen molar-refractivity contribution in [2.75, 3.05) is 19.1 Å². The van der Waals surface area contributed by atoms with E-state index in [9.17, 15) is 0 Å². The van der Waals surface area contributed by atoms with Crippen molar-refractivity contribution in [2.24, 2.45) is 0 Å². The molecule has 0 heterocycles. The molecule has 0 saturated carbocycles. The van der Waals surface area contributed by atoms with Crippen LogP contribution in [0.1, 0.15) is 11.1 Å². The summed E-state index contributed by atoms with van der Waals surface area (Å²) in [6, 6.07) is 1.83. The number of benzene rings is 1. The Kier molecular flexibility index (Phi) is 3.43. The molecular formula is C11H13ClN2O. The lowest BCUT2D eigenvalue weighted by Crippen LogP contribution is -2.11. The van der Waals surface area contributed by atoms with E-state index in [2.05, 4.69) is 0 Å². The zero-order valence-electron chi connectivity index (χ0n) is 9.26. The van der Waals surface area contributed by atoms with Crippen molar-refractivity contribution >= 4 is 17.3 Å². The van der Waals surface area contributed by atoms with Gasteiger partial charge < -0.3 is 4.74 Å². The van der Waals surface area contributed by atoms with Crippen LogP contribution in [0.5, 0.6) is 5.75 Å². The third kappa shape index (κ3) is 2.00. The highest BCUT2D eigenvalue weighted by molar-refractivity contribution is 6.32. The van der Waals surface area contributed by atoms with Crippen LogP contribution in [0.4, 0.5) is 5.69 Å². The van der Waals surface area contributed by atoms with E-state index in [0.717, 1.165) is 16.8 Å². The summed E-state index contributed by atoms with van der Waals surface area (Å²) in [7, 11) is 3.26. The maximum absolute atomic E-state index is 8.87. The number of nitriles is 1. The molecule has 80 valence electrons. The molecule has 1 aromatic carbocycles. The number of ether oxygens (including phenoxy) is 1. The van der Waals surface area contributed by atoms with Crippen molar-refractivity contribution in [1.29, 1.82) is 5.26 Å². The number of rotatable bonds is 2. The highest BCUT2D eigenvalue weighted by atomic mass is 35.5. The van der Waals surface area contributed by atoms with Crippen LogP contribution in [0, 0.1) is 25.3 Å². The van der Waals surface area contributed by atoms with Gasteiger partial charge in [0.2, 0.25) is 0 Å². The third-order valence-corrected chi connectivity index (χ3v) is 2.90. The third-order valence-electron chi connectivity index (χ3n) is 2.32. The zero-order chi connectivity index (χ0) is 11.6. The van der Waals surface area contributed by atoms with Crippen LogP contribution in [0.15, 0.2) is 6.07 Å². The Morgan fingerprint density at radius 1 is 1.47 bits per heavy atom. The summed E-state index contributed by atoms with van der Waals surface area (Å²) in [5, 5.41) is 9.54. The molecule has 0 saturated heterocycles. The number of anilines is 1. The van der Waals surface area contributed by atoms with Gasteiger partial charge in [-0.1, -0.05) is 11.6 Å². The second-order valence-electron chi connectivity index (χ2n) is 3.34. The molecule has 0 aliphatic rings. The first-order chi connectivity index (χ1) is 7.02. The normalized spacial score (nSPS) is 9.60. The zero-order valence-corrected chi connectivity index (χ0v) is 10.0. The number of halogens is 1. The van der Waals surface area contributed by atoms with Crippen molar-refractivity contribution in [3.63, 3.8) is 0 Å². The molecule has 3 nitrogen and oxygen atoms in total. The van der Waals surface area contributed by atoms with E-state index in [1.807, 2.05) is 26.1 Å². The van der Waals surface area contributed by atoms with Crippen LogP contribution in [-0.2, 0) is 0 Å². The van der Waals surface area contributed by atoms with Crippen molar-refractivity contribution < 1.29 is 4.74 Å². The van der Waals surface area contributed by atoms with Crippen molar-refractivity contribution in [1.82, 2.24) is 0 Å². The summed E-state index contributed by atoms with van der Waals surface area (Å²) in [6.07, 6.45) is 2.04. The van der Waals surface area contributed by atoms with Crippen molar-refractivity contribution in [3.8, 4) is 11.9 Å². The second kappa shape index (κ2) is 4.41. The average molecular weight is 225 g/mol. The number of nitrogens with zero attached hydrogens (tertiary/aromatic N) is 2. The van der Waals surface area contributed by atoms with Crippen LogP contribution in [0.2, 0.25) is 5.02 Å². The molecule has 0 spiro atoms. The molecular weight excluding hydrogens is 212 g/mol. The molecule has 0 bridgehead atoms. The van der Waals surface area contributed by atoms with Gasteiger partial charge in [0.25, 0.3) is 0 Å².